The summed E-state index contributed by atoms with van der Waals surface area (Å²) in [6.45, 7) is 2.71. The van der Waals surface area contributed by atoms with E-state index in [1.54, 1.807) is 24.3 Å². The van der Waals surface area contributed by atoms with Crippen LogP contribution in [0.4, 0.5) is 4.79 Å². The van der Waals surface area contributed by atoms with Crippen LogP contribution in [-0.2, 0) is 9.59 Å². The Morgan fingerprint density at radius 2 is 1.94 bits per heavy atom. The first-order chi connectivity index (χ1) is 17.4. The van der Waals surface area contributed by atoms with Crippen LogP contribution in [0.3, 0.4) is 0 Å². The molecule has 2 atom stereocenters. The fraction of sp³-hybridized carbons (Fsp3) is 0.320. The van der Waals surface area contributed by atoms with Gasteiger partial charge in [-0.1, -0.05) is 41.4 Å². The van der Waals surface area contributed by atoms with Crippen molar-refractivity contribution < 1.29 is 23.9 Å². The highest BCUT2D eigenvalue weighted by Crippen LogP contribution is 2.39. The van der Waals surface area contributed by atoms with Gasteiger partial charge in [-0.2, -0.15) is 0 Å². The van der Waals surface area contributed by atoms with Gasteiger partial charge < -0.3 is 25.0 Å². The molecule has 5 rings (SSSR count). The average molecular weight is 531 g/mol. The Morgan fingerprint density at radius 3 is 2.69 bits per heavy atom. The lowest BCUT2D eigenvalue weighted by atomic mass is 9.95. The van der Waals surface area contributed by atoms with E-state index in [4.69, 9.17) is 32.7 Å². The Balaban J connectivity index is 1.27. The van der Waals surface area contributed by atoms with Crippen LogP contribution in [0, 0.1) is 0 Å². The summed E-state index contributed by atoms with van der Waals surface area (Å²) in [5, 5.41) is 6.47. The molecule has 3 heterocycles. The monoisotopic (exact) mass is 530 g/mol. The smallest absolute Gasteiger partial charge is 0.322 e. The minimum absolute atomic E-state index is 0.140. The van der Waals surface area contributed by atoms with E-state index >= 15 is 0 Å². The van der Waals surface area contributed by atoms with Crippen LogP contribution in [-0.4, -0.2) is 66.5 Å². The minimum atomic E-state index is -0.742. The van der Waals surface area contributed by atoms with Crippen LogP contribution in [0.5, 0.6) is 11.5 Å². The van der Waals surface area contributed by atoms with Gasteiger partial charge in [-0.3, -0.25) is 14.5 Å². The summed E-state index contributed by atoms with van der Waals surface area (Å²) >= 11 is 12.4. The van der Waals surface area contributed by atoms with Crippen molar-refractivity contribution in [3.05, 3.63) is 69.3 Å². The zero-order valence-corrected chi connectivity index (χ0v) is 20.9. The third-order valence-electron chi connectivity index (χ3n) is 6.32. The van der Waals surface area contributed by atoms with Crippen molar-refractivity contribution in [1.82, 2.24) is 20.4 Å². The molecule has 0 bridgehead atoms. The normalized spacial score (nSPS) is 20.9. The van der Waals surface area contributed by atoms with Crippen molar-refractivity contribution in [1.29, 1.82) is 0 Å². The molecule has 3 aliphatic rings. The van der Waals surface area contributed by atoms with Gasteiger partial charge >= 0.3 is 6.03 Å². The number of amides is 4. The number of halogens is 2. The van der Waals surface area contributed by atoms with Crippen LogP contribution in [0.25, 0.3) is 0 Å². The van der Waals surface area contributed by atoms with Gasteiger partial charge in [-0.05, 0) is 36.8 Å². The van der Waals surface area contributed by atoms with Crippen LogP contribution in [0.2, 0.25) is 10.0 Å². The van der Waals surface area contributed by atoms with E-state index in [0.29, 0.717) is 51.5 Å². The maximum Gasteiger partial charge on any atom is 0.322 e. The molecule has 4 amide bonds. The second-order valence-electron chi connectivity index (χ2n) is 8.62. The van der Waals surface area contributed by atoms with E-state index in [9.17, 15) is 14.4 Å². The molecule has 0 unspecified atom stereocenters. The number of nitrogens with one attached hydrogen (secondary N) is 2. The Labute approximate surface area is 217 Å². The number of para-hydroxylation sites is 2. The number of rotatable bonds is 6. The quantitative estimate of drug-likeness (QED) is 0.597. The van der Waals surface area contributed by atoms with E-state index in [2.05, 4.69) is 10.6 Å². The number of ether oxygens (including phenoxy) is 2. The van der Waals surface area contributed by atoms with Crippen LogP contribution >= 0.6 is 23.2 Å². The number of hydrogen-bond acceptors (Lipinski definition) is 5. The molecule has 0 saturated heterocycles. The maximum absolute atomic E-state index is 13.4. The lowest BCUT2D eigenvalue weighted by Gasteiger charge is -2.33. The van der Waals surface area contributed by atoms with Crippen molar-refractivity contribution >= 4 is 41.0 Å². The molecule has 0 radical (unpaired) electrons. The van der Waals surface area contributed by atoms with Gasteiger partial charge in [0.15, 0.2) is 11.5 Å². The largest absolute Gasteiger partial charge is 0.486 e. The highest BCUT2D eigenvalue weighted by Gasteiger charge is 2.44. The molecule has 0 aliphatic carbocycles. The summed E-state index contributed by atoms with van der Waals surface area (Å²) in [5.74, 6) is 0.617. The third-order valence-corrected chi connectivity index (χ3v) is 6.88. The number of likely N-dealkylation sites (N-methyl/N-ethyl adjacent to an activating group) is 1. The first-order valence-corrected chi connectivity index (χ1v) is 12.3. The third kappa shape index (κ3) is 4.56. The van der Waals surface area contributed by atoms with E-state index in [-0.39, 0.29) is 43.6 Å². The molecule has 0 spiro atoms. The average Bonchev–Trinajstić information content (AvgIpc) is 3.17. The fourth-order valence-corrected chi connectivity index (χ4v) is 5.12. The van der Waals surface area contributed by atoms with E-state index in [0.717, 1.165) is 0 Å². The number of carbonyl (C=O) groups excluding carboxylic acids is 3. The van der Waals surface area contributed by atoms with Crippen LogP contribution in [0.1, 0.15) is 18.5 Å². The Bertz CT molecular complexity index is 1270. The topological polar surface area (TPSA) is 100 Å². The summed E-state index contributed by atoms with van der Waals surface area (Å²) in [5.41, 5.74) is 1.52. The summed E-state index contributed by atoms with van der Waals surface area (Å²) in [6, 6.07) is 11.2. The number of hydrogen-bond donors (Lipinski definition) is 2. The summed E-state index contributed by atoms with van der Waals surface area (Å²) in [6.07, 6.45) is -0.349. The van der Waals surface area contributed by atoms with Crippen molar-refractivity contribution in [3.8, 4) is 11.5 Å². The molecule has 3 aliphatic heterocycles. The number of fused-ring (bicyclic) bond motifs is 1. The predicted octanol–water partition coefficient (Wildman–Crippen LogP) is 3.13. The molecular weight excluding hydrogens is 507 g/mol. The summed E-state index contributed by atoms with van der Waals surface area (Å²) in [7, 11) is 0. The van der Waals surface area contributed by atoms with Crippen molar-refractivity contribution in [2.45, 2.75) is 19.1 Å². The Kier molecular flexibility index (Phi) is 6.68. The second-order valence-corrected chi connectivity index (χ2v) is 9.46. The van der Waals surface area contributed by atoms with Gasteiger partial charge in [0, 0.05) is 16.6 Å². The first kappa shape index (κ1) is 24.3. The van der Waals surface area contributed by atoms with Gasteiger partial charge in [0.05, 0.1) is 30.4 Å². The molecule has 0 aromatic heterocycles. The molecule has 2 aromatic carbocycles. The van der Waals surface area contributed by atoms with Crippen molar-refractivity contribution in [2.24, 2.45) is 0 Å². The van der Waals surface area contributed by atoms with Gasteiger partial charge in [0.2, 0.25) is 5.91 Å². The molecule has 2 N–H and O–H groups in total. The highest BCUT2D eigenvalue weighted by molar-refractivity contribution is 6.35. The summed E-state index contributed by atoms with van der Waals surface area (Å²) < 4.78 is 11.5. The lowest BCUT2D eigenvalue weighted by molar-refractivity contribution is -0.132. The maximum atomic E-state index is 13.4. The lowest BCUT2D eigenvalue weighted by Crippen LogP contribution is -2.47. The van der Waals surface area contributed by atoms with Crippen LogP contribution < -0.4 is 20.1 Å². The number of urea groups is 1. The van der Waals surface area contributed by atoms with Crippen molar-refractivity contribution in [3.63, 3.8) is 0 Å². The van der Waals surface area contributed by atoms with Crippen LogP contribution in [0.15, 0.2) is 53.7 Å². The Morgan fingerprint density at radius 1 is 1.17 bits per heavy atom. The van der Waals surface area contributed by atoms with Gasteiger partial charge in [-0.15, -0.1) is 0 Å². The number of carbonyl (C=O) groups is 3. The Hall–Kier alpha value is -3.43. The zero-order chi connectivity index (χ0) is 25.4. The van der Waals surface area contributed by atoms with Gasteiger partial charge in [0.1, 0.15) is 19.3 Å². The first-order valence-electron chi connectivity index (χ1n) is 11.6. The van der Waals surface area contributed by atoms with Crippen molar-refractivity contribution in [2.75, 3.05) is 32.8 Å². The SMILES string of the molecule is CCN1C(=O)N[C@H](c2ccc(Cl)cc2Cl)C2=C1CN(CC(=O)NC[C@H]1COc3ccccc3O1)C2=O. The van der Waals surface area contributed by atoms with Gasteiger partial charge in [0.25, 0.3) is 5.91 Å². The standard InChI is InChI=1S/C25H24Cl2N4O5/c1-2-31-18-11-30(12-21(32)28-10-15-13-35-19-5-3-4-6-20(19)36-15)24(33)22(18)23(29-25(31)34)16-8-7-14(26)9-17(16)27/h3-9,15,23H,2,10-13H2,1H3,(H,28,32)(H,29,34)/t15-,23+/m0/s1. The van der Waals surface area contributed by atoms with E-state index < -0.39 is 6.04 Å². The molecule has 11 heteroatoms. The molecule has 0 saturated carbocycles. The minimum Gasteiger partial charge on any atom is -0.486 e. The number of benzene rings is 2. The molecule has 2 aromatic rings. The fourth-order valence-electron chi connectivity index (χ4n) is 4.60. The molecule has 36 heavy (non-hydrogen) atoms. The molecule has 188 valence electrons. The zero-order valence-electron chi connectivity index (χ0n) is 19.4. The summed E-state index contributed by atoms with van der Waals surface area (Å²) in [4.78, 5) is 41.9. The highest BCUT2D eigenvalue weighted by atomic mass is 35.5. The molecule has 9 nitrogen and oxygen atoms in total. The van der Waals surface area contributed by atoms with E-state index in [1.807, 2.05) is 25.1 Å². The molecular formula is C25H24Cl2N4O5. The second kappa shape index (κ2) is 9.91. The number of nitrogens with zero attached hydrogens (tertiary/aromatic N) is 2. The predicted molar refractivity (Wildman–Crippen MR) is 133 cm³/mol. The van der Waals surface area contributed by atoms with E-state index in [1.165, 1.54) is 9.80 Å². The van der Waals surface area contributed by atoms with Gasteiger partial charge in [-0.25, -0.2) is 4.79 Å². The molecule has 0 fully saturated rings.